The number of rotatable bonds is 6. The Morgan fingerprint density at radius 3 is 2.50 bits per heavy atom. The molecule has 2 aliphatic heterocycles. The number of sulfone groups is 1. The molecule has 2 atom stereocenters. The second-order valence-corrected chi connectivity index (χ2v) is 10.5. The zero-order chi connectivity index (χ0) is 20.7. The average molecular weight is 550 g/mol. The number of hydrogen-bond acceptors (Lipinski definition) is 5. The third-order valence-electron chi connectivity index (χ3n) is 5.96. The quantitative estimate of drug-likeness (QED) is 0.319. The van der Waals surface area contributed by atoms with Crippen molar-refractivity contribution in [2.24, 2.45) is 4.99 Å². The van der Waals surface area contributed by atoms with Crippen molar-refractivity contribution in [2.75, 3.05) is 51.3 Å². The van der Waals surface area contributed by atoms with E-state index >= 15 is 0 Å². The van der Waals surface area contributed by atoms with Crippen LogP contribution in [0.2, 0.25) is 0 Å². The number of aliphatic imine (C=N–C) groups is 1. The van der Waals surface area contributed by atoms with Gasteiger partial charge >= 0.3 is 0 Å². The number of nitrogens with zero attached hydrogens (tertiary/aromatic N) is 3. The van der Waals surface area contributed by atoms with Gasteiger partial charge in [-0.3, -0.25) is 14.8 Å². The van der Waals surface area contributed by atoms with Crippen LogP contribution in [0.1, 0.15) is 25.3 Å². The van der Waals surface area contributed by atoms with Gasteiger partial charge in [-0.05, 0) is 25.3 Å². The summed E-state index contributed by atoms with van der Waals surface area (Å²) >= 11 is 0. The Balaban J connectivity index is 0.00000320. The molecule has 2 saturated heterocycles. The molecule has 0 spiro atoms. The summed E-state index contributed by atoms with van der Waals surface area (Å²) in [6, 6.07) is 11.6. The predicted molar refractivity (Wildman–Crippen MR) is 134 cm³/mol. The number of piperidine rings is 1. The Labute approximate surface area is 198 Å². The lowest BCUT2D eigenvalue weighted by Crippen LogP contribution is -2.52. The Morgan fingerprint density at radius 2 is 1.87 bits per heavy atom. The molecule has 0 amide bonds. The zero-order valence-corrected chi connectivity index (χ0v) is 21.2. The van der Waals surface area contributed by atoms with E-state index < -0.39 is 9.84 Å². The molecule has 0 aliphatic carbocycles. The molecule has 2 unspecified atom stereocenters. The van der Waals surface area contributed by atoms with Gasteiger partial charge in [0.05, 0.1) is 11.5 Å². The molecule has 2 fully saturated rings. The molecular weight excluding hydrogens is 513 g/mol. The molecule has 9 heteroatoms. The molecule has 170 valence electrons. The highest BCUT2D eigenvalue weighted by Crippen LogP contribution is 2.19. The number of guanidine groups is 1. The van der Waals surface area contributed by atoms with Gasteiger partial charge in [0, 0.05) is 58.4 Å². The third kappa shape index (κ3) is 7.97. The minimum atomic E-state index is -2.81. The molecule has 1 aromatic carbocycles. The first-order valence-corrected chi connectivity index (χ1v) is 12.5. The second-order valence-electron chi connectivity index (χ2n) is 8.16. The fraction of sp³-hybridized carbons (Fsp3) is 0.667. The van der Waals surface area contributed by atoms with Crippen LogP contribution in [0.15, 0.2) is 35.3 Å². The first kappa shape index (κ1) is 25.4. The van der Waals surface area contributed by atoms with Crippen molar-refractivity contribution in [3.8, 4) is 0 Å². The topological polar surface area (TPSA) is 77.0 Å². The molecular formula is C21H36IN5O2S. The maximum Gasteiger partial charge on any atom is 0.191 e. The van der Waals surface area contributed by atoms with Crippen molar-refractivity contribution in [1.29, 1.82) is 0 Å². The molecule has 1 aromatic rings. The monoisotopic (exact) mass is 549 g/mol. The average Bonchev–Trinajstić information content (AvgIpc) is 2.71. The number of halogens is 1. The van der Waals surface area contributed by atoms with Gasteiger partial charge in [0.15, 0.2) is 15.8 Å². The predicted octanol–water partition coefficient (Wildman–Crippen LogP) is 1.55. The number of hydrogen-bond donors (Lipinski definition) is 2. The van der Waals surface area contributed by atoms with Gasteiger partial charge in [-0.2, -0.15) is 0 Å². The molecule has 0 radical (unpaired) electrons. The van der Waals surface area contributed by atoms with Gasteiger partial charge in [0.1, 0.15) is 0 Å². The molecule has 0 saturated carbocycles. The first-order chi connectivity index (χ1) is 13.9. The van der Waals surface area contributed by atoms with Crippen molar-refractivity contribution in [3.63, 3.8) is 0 Å². The number of benzene rings is 1. The van der Waals surface area contributed by atoms with Crippen LogP contribution in [0.5, 0.6) is 0 Å². The Kier molecular flexibility index (Phi) is 10.3. The van der Waals surface area contributed by atoms with Crippen LogP contribution >= 0.6 is 24.0 Å². The van der Waals surface area contributed by atoms with Gasteiger partial charge in [-0.15, -0.1) is 24.0 Å². The molecule has 0 bridgehead atoms. The Morgan fingerprint density at radius 1 is 1.17 bits per heavy atom. The molecule has 2 heterocycles. The highest BCUT2D eigenvalue weighted by molar-refractivity contribution is 14.0. The van der Waals surface area contributed by atoms with Gasteiger partial charge in [0.25, 0.3) is 0 Å². The number of likely N-dealkylation sites (tertiary alicyclic amines) is 1. The van der Waals surface area contributed by atoms with Crippen LogP contribution in [-0.4, -0.2) is 87.5 Å². The largest absolute Gasteiger partial charge is 0.355 e. The lowest BCUT2D eigenvalue weighted by Gasteiger charge is -2.38. The molecule has 30 heavy (non-hydrogen) atoms. The van der Waals surface area contributed by atoms with Gasteiger partial charge in [-0.25, -0.2) is 8.42 Å². The van der Waals surface area contributed by atoms with E-state index in [1.54, 1.807) is 7.05 Å². The minimum Gasteiger partial charge on any atom is -0.355 e. The normalized spacial score (nSPS) is 25.3. The van der Waals surface area contributed by atoms with Crippen LogP contribution in [0.3, 0.4) is 0 Å². The van der Waals surface area contributed by atoms with Gasteiger partial charge in [0.2, 0.25) is 0 Å². The van der Waals surface area contributed by atoms with Crippen molar-refractivity contribution < 1.29 is 8.42 Å². The summed E-state index contributed by atoms with van der Waals surface area (Å²) in [5.74, 6) is 1.39. The maximum atomic E-state index is 11.5. The number of nitrogens with one attached hydrogen (secondary N) is 2. The van der Waals surface area contributed by atoms with E-state index in [0.717, 1.165) is 45.0 Å². The molecule has 7 nitrogen and oxygen atoms in total. The van der Waals surface area contributed by atoms with E-state index in [2.05, 4.69) is 62.7 Å². The Hall–Kier alpha value is -0.910. The van der Waals surface area contributed by atoms with E-state index in [0.29, 0.717) is 25.2 Å². The van der Waals surface area contributed by atoms with Crippen molar-refractivity contribution in [3.05, 3.63) is 35.9 Å². The summed E-state index contributed by atoms with van der Waals surface area (Å²) in [6.07, 6.45) is 2.19. The van der Waals surface area contributed by atoms with Crippen molar-refractivity contribution in [2.45, 2.75) is 38.4 Å². The van der Waals surface area contributed by atoms with Gasteiger partial charge in [-0.1, -0.05) is 30.3 Å². The smallest absolute Gasteiger partial charge is 0.191 e. The fourth-order valence-electron chi connectivity index (χ4n) is 4.10. The molecule has 3 rings (SSSR count). The first-order valence-electron chi connectivity index (χ1n) is 10.6. The summed E-state index contributed by atoms with van der Waals surface area (Å²) in [6.45, 7) is 7.25. The van der Waals surface area contributed by atoms with E-state index in [-0.39, 0.29) is 35.5 Å². The lowest BCUT2D eigenvalue weighted by atomic mass is 9.97. The Bertz CT molecular complexity index is 761. The summed E-state index contributed by atoms with van der Waals surface area (Å²) in [7, 11) is -1.01. The molecule has 0 aromatic heterocycles. The third-order valence-corrected chi connectivity index (χ3v) is 7.57. The van der Waals surface area contributed by atoms with Crippen LogP contribution < -0.4 is 10.6 Å². The molecule has 2 aliphatic rings. The highest BCUT2D eigenvalue weighted by atomic mass is 127. The van der Waals surface area contributed by atoms with Crippen LogP contribution in [-0.2, 0) is 16.4 Å². The van der Waals surface area contributed by atoms with E-state index in [9.17, 15) is 8.42 Å². The summed E-state index contributed by atoms with van der Waals surface area (Å²) < 4.78 is 23.0. The second kappa shape index (κ2) is 12.2. The van der Waals surface area contributed by atoms with Crippen LogP contribution in [0.25, 0.3) is 0 Å². The van der Waals surface area contributed by atoms with E-state index in [1.165, 1.54) is 5.56 Å². The zero-order valence-electron chi connectivity index (χ0n) is 18.1. The van der Waals surface area contributed by atoms with Crippen molar-refractivity contribution in [1.82, 2.24) is 20.4 Å². The summed E-state index contributed by atoms with van der Waals surface area (Å²) in [4.78, 5) is 9.12. The van der Waals surface area contributed by atoms with Crippen LogP contribution in [0.4, 0.5) is 0 Å². The minimum absolute atomic E-state index is 0. The van der Waals surface area contributed by atoms with Crippen molar-refractivity contribution >= 4 is 39.8 Å². The fourth-order valence-corrected chi connectivity index (χ4v) is 5.38. The SMILES string of the molecule is CN=C(NCCN1CCS(=O)(=O)CC1)NC1CCN(Cc2ccccc2)C(C)C1.I. The highest BCUT2D eigenvalue weighted by Gasteiger charge is 2.26. The molecule has 2 N–H and O–H groups in total. The van der Waals surface area contributed by atoms with Crippen LogP contribution in [0, 0.1) is 0 Å². The summed E-state index contributed by atoms with van der Waals surface area (Å²) in [5, 5.41) is 6.95. The van der Waals surface area contributed by atoms with E-state index in [1.807, 2.05) is 0 Å². The lowest BCUT2D eigenvalue weighted by molar-refractivity contribution is 0.134. The summed E-state index contributed by atoms with van der Waals surface area (Å²) in [5.41, 5.74) is 1.37. The standard InChI is InChI=1S/C21H35N5O2S.HI/c1-18-16-20(8-10-26(18)17-19-6-4-3-5-7-19)24-21(22-2)23-9-11-25-12-14-29(27,28)15-13-25;/h3-7,18,20H,8-17H2,1-2H3,(H2,22,23,24);1H. The van der Waals surface area contributed by atoms with E-state index in [4.69, 9.17) is 0 Å². The van der Waals surface area contributed by atoms with Gasteiger partial charge < -0.3 is 10.6 Å². The maximum absolute atomic E-state index is 11.5.